The van der Waals surface area contributed by atoms with Gasteiger partial charge in [0.15, 0.2) is 0 Å². The summed E-state index contributed by atoms with van der Waals surface area (Å²) in [5, 5.41) is 3.33. The van der Waals surface area contributed by atoms with E-state index in [1.54, 1.807) is 11.3 Å². The van der Waals surface area contributed by atoms with Gasteiger partial charge in [0, 0.05) is 22.1 Å². The molecule has 0 aliphatic heterocycles. The van der Waals surface area contributed by atoms with Gasteiger partial charge in [-0.3, -0.25) is 0 Å². The summed E-state index contributed by atoms with van der Waals surface area (Å²) in [6, 6.07) is 4.32. The summed E-state index contributed by atoms with van der Waals surface area (Å²) in [7, 11) is -2.87. The van der Waals surface area contributed by atoms with E-state index in [1.807, 2.05) is 6.92 Å². The van der Waals surface area contributed by atoms with E-state index in [1.165, 1.54) is 16.0 Å². The van der Waals surface area contributed by atoms with Crippen molar-refractivity contribution in [1.29, 1.82) is 0 Å². The van der Waals surface area contributed by atoms with E-state index in [9.17, 15) is 8.42 Å². The van der Waals surface area contributed by atoms with Crippen LogP contribution in [0.3, 0.4) is 0 Å². The Bertz CT molecular complexity index is 423. The lowest BCUT2D eigenvalue weighted by Gasteiger charge is -2.15. The first-order valence-corrected chi connectivity index (χ1v) is 8.27. The highest BCUT2D eigenvalue weighted by atomic mass is 32.2. The molecular weight excluding hydrogens is 242 g/mol. The van der Waals surface area contributed by atoms with Crippen LogP contribution in [-0.4, -0.2) is 27.0 Å². The number of sulfone groups is 1. The molecule has 1 aromatic heterocycles. The molecule has 0 fully saturated rings. The van der Waals surface area contributed by atoms with Crippen molar-refractivity contribution in [2.45, 2.75) is 26.3 Å². The standard InChI is InChI=1S/C11H19NO2S2/c1-4-12-10(7-8-16(3,13)14)11-6-5-9(2)15-11/h5-6,10,12H,4,7-8H2,1-3H3. The highest BCUT2D eigenvalue weighted by Gasteiger charge is 2.14. The van der Waals surface area contributed by atoms with Crippen molar-refractivity contribution in [3.8, 4) is 0 Å². The molecule has 16 heavy (non-hydrogen) atoms. The molecule has 0 amide bonds. The SMILES string of the molecule is CCNC(CCS(C)(=O)=O)c1ccc(C)s1. The third-order valence-corrected chi connectivity index (χ3v) is 4.42. The summed E-state index contributed by atoms with van der Waals surface area (Å²) in [5.41, 5.74) is 0. The van der Waals surface area contributed by atoms with Crippen LogP contribution in [0.5, 0.6) is 0 Å². The molecule has 5 heteroatoms. The van der Waals surface area contributed by atoms with Crippen molar-refractivity contribution in [1.82, 2.24) is 5.32 Å². The largest absolute Gasteiger partial charge is 0.309 e. The zero-order valence-corrected chi connectivity index (χ0v) is 11.6. The van der Waals surface area contributed by atoms with E-state index in [0.717, 1.165) is 6.54 Å². The maximum atomic E-state index is 11.2. The summed E-state index contributed by atoms with van der Waals surface area (Å²) < 4.78 is 22.3. The van der Waals surface area contributed by atoms with Crippen LogP contribution in [0.15, 0.2) is 12.1 Å². The van der Waals surface area contributed by atoms with E-state index in [4.69, 9.17) is 0 Å². The fourth-order valence-electron chi connectivity index (χ4n) is 1.56. The predicted octanol–water partition coefficient (Wildman–Crippen LogP) is 2.14. The van der Waals surface area contributed by atoms with Crippen LogP contribution in [0.4, 0.5) is 0 Å². The minimum atomic E-state index is -2.87. The summed E-state index contributed by atoms with van der Waals surface area (Å²) >= 11 is 1.73. The first-order valence-electron chi connectivity index (χ1n) is 5.40. The Morgan fingerprint density at radius 2 is 2.12 bits per heavy atom. The Morgan fingerprint density at radius 1 is 1.44 bits per heavy atom. The number of rotatable bonds is 6. The Kier molecular flexibility index (Phi) is 4.95. The first kappa shape index (κ1) is 13.7. The van der Waals surface area contributed by atoms with Gasteiger partial charge in [0.05, 0.1) is 5.75 Å². The van der Waals surface area contributed by atoms with Crippen molar-refractivity contribution < 1.29 is 8.42 Å². The van der Waals surface area contributed by atoms with Crippen LogP contribution in [0, 0.1) is 6.92 Å². The zero-order chi connectivity index (χ0) is 12.2. The van der Waals surface area contributed by atoms with Crippen LogP contribution in [0.25, 0.3) is 0 Å². The lowest BCUT2D eigenvalue weighted by Crippen LogP contribution is -2.22. The second-order valence-electron chi connectivity index (χ2n) is 3.98. The van der Waals surface area contributed by atoms with Gasteiger partial charge in [-0.1, -0.05) is 6.92 Å². The maximum absolute atomic E-state index is 11.2. The van der Waals surface area contributed by atoms with Crippen LogP contribution in [0.2, 0.25) is 0 Å². The first-order chi connectivity index (χ1) is 7.42. The number of nitrogens with one attached hydrogen (secondary N) is 1. The molecule has 1 aromatic rings. The quantitative estimate of drug-likeness (QED) is 0.853. The molecule has 0 aliphatic carbocycles. The average molecular weight is 261 g/mol. The Balaban J connectivity index is 2.68. The number of hydrogen-bond acceptors (Lipinski definition) is 4. The molecule has 1 atom stereocenters. The summed E-state index contributed by atoms with van der Waals surface area (Å²) in [5.74, 6) is 0.238. The zero-order valence-electron chi connectivity index (χ0n) is 9.99. The van der Waals surface area contributed by atoms with Crippen LogP contribution < -0.4 is 5.32 Å². The lowest BCUT2D eigenvalue weighted by atomic mass is 10.2. The topological polar surface area (TPSA) is 46.2 Å². The third kappa shape index (κ3) is 4.63. The smallest absolute Gasteiger partial charge is 0.147 e. The Morgan fingerprint density at radius 3 is 2.56 bits per heavy atom. The average Bonchev–Trinajstić information content (AvgIpc) is 2.57. The number of thiophene rings is 1. The lowest BCUT2D eigenvalue weighted by molar-refractivity contribution is 0.536. The van der Waals surface area contributed by atoms with Crippen LogP contribution >= 0.6 is 11.3 Å². The predicted molar refractivity (Wildman–Crippen MR) is 69.8 cm³/mol. The van der Waals surface area contributed by atoms with Gasteiger partial charge < -0.3 is 5.32 Å². The molecule has 92 valence electrons. The number of hydrogen-bond donors (Lipinski definition) is 1. The summed E-state index contributed by atoms with van der Waals surface area (Å²) in [4.78, 5) is 2.49. The minimum absolute atomic E-state index is 0.165. The molecule has 0 aromatic carbocycles. The molecule has 0 saturated carbocycles. The molecule has 3 nitrogen and oxygen atoms in total. The van der Waals surface area contributed by atoms with E-state index >= 15 is 0 Å². The molecule has 0 saturated heterocycles. The molecule has 1 rings (SSSR count). The molecule has 0 spiro atoms. The van der Waals surface area contributed by atoms with Crippen molar-refractivity contribution >= 4 is 21.2 Å². The van der Waals surface area contributed by atoms with Gasteiger partial charge in [-0.2, -0.15) is 0 Å². The highest BCUT2D eigenvalue weighted by Crippen LogP contribution is 2.25. The fraction of sp³-hybridized carbons (Fsp3) is 0.636. The summed E-state index contributed by atoms with van der Waals surface area (Å²) in [6.45, 7) is 4.95. The molecule has 0 bridgehead atoms. The summed E-state index contributed by atoms with van der Waals surface area (Å²) in [6.07, 6.45) is 1.93. The van der Waals surface area contributed by atoms with Gasteiger partial charge in [-0.15, -0.1) is 11.3 Å². The third-order valence-electron chi connectivity index (χ3n) is 2.33. The van der Waals surface area contributed by atoms with E-state index in [-0.39, 0.29) is 11.8 Å². The van der Waals surface area contributed by atoms with Crippen molar-refractivity contribution in [2.24, 2.45) is 0 Å². The van der Waals surface area contributed by atoms with E-state index < -0.39 is 9.84 Å². The maximum Gasteiger partial charge on any atom is 0.147 e. The van der Waals surface area contributed by atoms with Gasteiger partial charge >= 0.3 is 0 Å². The van der Waals surface area contributed by atoms with Crippen LogP contribution in [-0.2, 0) is 9.84 Å². The van der Waals surface area contributed by atoms with Crippen molar-refractivity contribution in [2.75, 3.05) is 18.6 Å². The van der Waals surface area contributed by atoms with Gasteiger partial charge in [0.1, 0.15) is 9.84 Å². The van der Waals surface area contributed by atoms with E-state index in [0.29, 0.717) is 6.42 Å². The molecule has 0 aliphatic rings. The molecule has 1 heterocycles. The molecule has 1 N–H and O–H groups in total. The van der Waals surface area contributed by atoms with Crippen LogP contribution in [0.1, 0.15) is 29.1 Å². The van der Waals surface area contributed by atoms with Gasteiger partial charge in [-0.25, -0.2) is 8.42 Å². The highest BCUT2D eigenvalue weighted by molar-refractivity contribution is 7.90. The van der Waals surface area contributed by atoms with Gasteiger partial charge in [-0.05, 0) is 32.0 Å². The van der Waals surface area contributed by atoms with Crippen molar-refractivity contribution in [3.05, 3.63) is 21.9 Å². The fourth-order valence-corrected chi connectivity index (χ4v) is 3.22. The molecule has 1 unspecified atom stereocenters. The normalized spacial score (nSPS) is 13.9. The minimum Gasteiger partial charge on any atom is -0.309 e. The van der Waals surface area contributed by atoms with Gasteiger partial charge in [0.25, 0.3) is 0 Å². The second-order valence-corrected chi connectivity index (χ2v) is 7.56. The number of aryl methyl sites for hydroxylation is 1. The second kappa shape index (κ2) is 5.80. The Hall–Kier alpha value is -0.390. The molecular formula is C11H19NO2S2. The molecule has 0 radical (unpaired) electrons. The van der Waals surface area contributed by atoms with E-state index in [2.05, 4.69) is 24.4 Å². The Labute approximate surface area is 102 Å². The monoisotopic (exact) mass is 261 g/mol. The van der Waals surface area contributed by atoms with Crippen molar-refractivity contribution in [3.63, 3.8) is 0 Å². The van der Waals surface area contributed by atoms with Gasteiger partial charge in [0.2, 0.25) is 0 Å².